The normalized spacial score (nSPS) is 22.7. The number of piperidine rings is 1. The Labute approximate surface area is 187 Å². The van der Waals surface area contributed by atoms with E-state index in [0.29, 0.717) is 10.8 Å². The molecule has 2 aromatic rings. The van der Waals surface area contributed by atoms with Crippen molar-refractivity contribution in [2.24, 2.45) is 10.9 Å². The molecule has 0 aliphatic carbocycles. The van der Waals surface area contributed by atoms with Crippen molar-refractivity contribution in [2.45, 2.75) is 32.3 Å². The topological polar surface area (TPSA) is 41.9 Å². The number of thioether (sulfide) groups is 1. The van der Waals surface area contributed by atoms with Crippen LogP contribution >= 0.6 is 11.8 Å². The first kappa shape index (κ1) is 20.1. The van der Waals surface area contributed by atoms with Crippen LogP contribution in [0.2, 0.25) is 0 Å². The summed E-state index contributed by atoms with van der Waals surface area (Å²) < 4.78 is 6.01. The molecule has 0 bridgehead atoms. The maximum Gasteiger partial charge on any atom is 0.286 e. The number of hydrogen-bond acceptors (Lipinski definition) is 4. The summed E-state index contributed by atoms with van der Waals surface area (Å²) in [7, 11) is 0. The van der Waals surface area contributed by atoms with E-state index in [1.807, 2.05) is 37.3 Å². The van der Waals surface area contributed by atoms with Gasteiger partial charge in [-0.15, -0.1) is 0 Å². The summed E-state index contributed by atoms with van der Waals surface area (Å²) in [4.78, 5) is 19.9. The smallest absolute Gasteiger partial charge is 0.286 e. The zero-order valence-corrected chi connectivity index (χ0v) is 18.5. The van der Waals surface area contributed by atoms with Crippen LogP contribution in [-0.2, 0) is 11.2 Å². The molecule has 3 aliphatic rings. The molecule has 1 amide bonds. The fourth-order valence-corrected chi connectivity index (χ4v) is 5.35. The largest absolute Gasteiger partial charge is 0.485 e. The lowest BCUT2D eigenvalue weighted by Crippen LogP contribution is -2.37. The minimum absolute atomic E-state index is 0.0893. The molecule has 31 heavy (non-hydrogen) atoms. The summed E-state index contributed by atoms with van der Waals surface area (Å²) >= 11 is 1.50. The second-order valence-corrected chi connectivity index (χ2v) is 9.38. The molecule has 5 heteroatoms. The van der Waals surface area contributed by atoms with E-state index in [1.54, 1.807) is 0 Å². The number of amides is 1. The SMILES string of the molecule is CC1Oc2ccccc2C=C1C=C1SC(N2CCC(Cc3ccccc3)CC2)=NC1=O. The summed E-state index contributed by atoms with van der Waals surface area (Å²) in [6.07, 6.45) is 7.37. The number of carbonyl (C=O) groups is 1. The van der Waals surface area contributed by atoms with Gasteiger partial charge in [-0.3, -0.25) is 4.79 Å². The van der Waals surface area contributed by atoms with E-state index in [0.717, 1.165) is 54.4 Å². The molecule has 4 nitrogen and oxygen atoms in total. The van der Waals surface area contributed by atoms with Crippen molar-refractivity contribution in [2.75, 3.05) is 13.1 Å². The maximum absolute atomic E-state index is 12.6. The monoisotopic (exact) mass is 430 g/mol. The molecule has 0 N–H and O–H groups in total. The number of likely N-dealkylation sites (tertiary alicyclic amines) is 1. The van der Waals surface area contributed by atoms with Crippen LogP contribution in [0.1, 0.15) is 30.9 Å². The van der Waals surface area contributed by atoms with Crippen LogP contribution < -0.4 is 4.74 Å². The molecule has 3 heterocycles. The first-order valence-electron chi connectivity index (χ1n) is 10.9. The predicted molar refractivity (Wildman–Crippen MR) is 127 cm³/mol. The molecular weight excluding hydrogens is 404 g/mol. The highest BCUT2D eigenvalue weighted by Crippen LogP contribution is 2.35. The average molecular weight is 431 g/mol. The Morgan fingerprint density at radius 1 is 1.10 bits per heavy atom. The zero-order valence-electron chi connectivity index (χ0n) is 17.7. The van der Waals surface area contributed by atoms with E-state index >= 15 is 0 Å². The molecule has 158 valence electrons. The number of benzene rings is 2. The van der Waals surface area contributed by atoms with Gasteiger partial charge in [-0.25, -0.2) is 0 Å². The maximum atomic E-state index is 12.6. The number of rotatable bonds is 3. The quantitative estimate of drug-likeness (QED) is 0.618. The third-order valence-corrected chi connectivity index (χ3v) is 7.22. The van der Waals surface area contributed by atoms with Gasteiger partial charge in [0.15, 0.2) is 5.17 Å². The second-order valence-electron chi connectivity index (χ2n) is 8.37. The predicted octanol–water partition coefficient (Wildman–Crippen LogP) is 5.32. The van der Waals surface area contributed by atoms with Crippen molar-refractivity contribution in [1.82, 2.24) is 4.90 Å². The number of nitrogens with zero attached hydrogens (tertiary/aromatic N) is 2. The Bertz CT molecular complexity index is 1070. The van der Waals surface area contributed by atoms with Gasteiger partial charge in [-0.05, 0) is 73.2 Å². The number of aliphatic imine (C=N–C) groups is 1. The van der Waals surface area contributed by atoms with E-state index < -0.39 is 0 Å². The highest BCUT2D eigenvalue weighted by atomic mass is 32.2. The Balaban J connectivity index is 1.22. The first-order valence-corrected chi connectivity index (χ1v) is 11.8. The van der Waals surface area contributed by atoms with Gasteiger partial charge >= 0.3 is 0 Å². The van der Waals surface area contributed by atoms with Gasteiger partial charge in [0, 0.05) is 18.7 Å². The number of amidine groups is 1. The molecule has 0 aromatic heterocycles. The van der Waals surface area contributed by atoms with E-state index in [9.17, 15) is 4.79 Å². The summed E-state index contributed by atoms with van der Waals surface area (Å²) in [5.74, 6) is 1.44. The summed E-state index contributed by atoms with van der Waals surface area (Å²) in [6.45, 7) is 3.93. The molecular formula is C26H26N2O2S. The van der Waals surface area contributed by atoms with E-state index in [2.05, 4.69) is 46.3 Å². The van der Waals surface area contributed by atoms with Crippen LogP contribution in [0.5, 0.6) is 5.75 Å². The Morgan fingerprint density at radius 2 is 1.84 bits per heavy atom. The average Bonchev–Trinajstić information content (AvgIpc) is 3.16. The van der Waals surface area contributed by atoms with Crippen molar-refractivity contribution >= 4 is 28.9 Å². The fraction of sp³-hybridized carbons (Fsp3) is 0.308. The van der Waals surface area contributed by atoms with Gasteiger partial charge in [0.05, 0.1) is 4.91 Å². The molecule has 3 aliphatic heterocycles. The van der Waals surface area contributed by atoms with Crippen molar-refractivity contribution in [3.63, 3.8) is 0 Å². The minimum atomic E-state index is -0.140. The molecule has 1 unspecified atom stereocenters. The van der Waals surface area contributed by atoms with Gasteiger partial charge < -0.3 is 9.64 Å². The first-order chi connectivity index (χ1) is 15.2. The van der Waals surface area contributed by atoms with Crippen LogP contribution in [-0.4, -0.2) is 35.2 Å². The molecule has 2 aromatic carbocycles. The van der Waals surface area contributed by atoms with Crippen molar-refractivity contribution < 1.29 is 9.53 Å². The standard InChI is InChI=1S/C26H26N2O2S/c1-18-22(16-21-9-5-6-10-23(21)30-18)17-24-25(29)27-26(31-24)28-13-11-20(12-14-28)15-19-7-3-2-4-8-19/h2-10,16-18,20H,11-15H2,1H3. The second kappa shape index (κ2) is 8.75. The zero-order chi connectivity index (χ0) is 21.2. The molecule has 0 radical (unpaired) electrons. The molecule has 1 saturated heterocycles. The minimum Gasteiger partial charge on any atom is -0.485 e. The number of fused-ring (bicyclic) bond motifs is 1. The third-order valence-electron chi connectivity index (χ3n) is 6.17. The third kappa shape index (κ3) is 4.47. The van der Waals surface area contributed by atoms with Crippen LogP contribution in [0.4, 0.5) is 0 Å². The highest BCUT2D eigenvalue weighted by Gasteiger charge is 2.30. The Morgan fingerprint density at radius 3 is 2.65 bits per heavy atom. The number of hydrogen-bond donors (Lipinski definition) is 0. The Hall–Kier alpha value is -2.79. The molecule has 1 fully saturated rings. The lowest BCUT2D eigenvalue weighted by atomic mass is 9.90. The van der Waals surface area contributed by atoms with Gasteiger partial charge in [-0.1, -0.05) is 48.5 Å². The van der Waals surface area contributed by atoms with Crippen molar-refractivity contribution in [3.8, 4) is 5.75 Å². The van der Waals surface area contributed by atoms with Crippen LogP contribution in [0, 0.1) is 5.92 Å². The van der Waals surface area contributed by atoms with Crippen molar-refractivity contribution in [3.05, 3.63) is 82.3 Å². The number of carbonyl (C=O) groups excluding carboxylic acids is 1. The fourth-order valence-electron chi connectivity index (χ4n) is 4.38. The number of para-hydroxylation sites is 1. The van der Waals surface area contributed by atoms with Crippen LogP contribution in [0.15, 0.2) is 76.1 Å². The Kier molecular flexibility index (Phi) is 5.68. The van der Waals surface area contributed by atoms with Gasteiger partial charge in [-0.2, -0.15) is 4.99 Å². The molecule has 0 spiro atoms. The van der Waals surface area contributed by atoms with E-state index in [-0.39, 0.29) is 12.0 Å². The van der Waals surface area contributed by atoms with Gasteiger partial charge in [0.25, 0.3) is 5.91 Å². The van der Waals surface area contributed by atoms with Gasteiger partial charge in [0.1, 0.15) is 11.9 Å². The molecule has 0 saturated carbocycles. The highest BCUT2D eigenvalue weighted by molar-refractivity contribution is 8.18. The van der Waals surface area contributed by atoms with Crippen LogP contribution in [0.25, 0.3) is 6.08 Å². The lowest BCUT2D eigenvalue weighted by Gasteiger charge is -2.32. The summed E-state index contributed by atoms with van der Waals surface area (Å²) in [6, 6.07) is 18.7. The summed E-state index contributed by atoms with van der Waals surface area (Å²) in [5.41, 5.74) is 3.46. The molecule has 5 rings (SSSR count). The van der Waals surface area contributed by atoms with Gasteiger partial charge in [0.2, 0.25) is 0 Å². The lowest BCUT2D eigenvalue weighted by molar-refractivity contribution is -0.113. The van der Waals surface area contributed by atoms with E-state index in [4.69, 9.17) is 4.74 Å². The van der Waals surface area contributed by atoms with E-state index in [1.165, 1.54) is 17.3 Å². The van der Waals surface area contributed by atoms with Crippen LogP contribution in [0.3, 0.4) is 0 Å². The van der Waals surface area contributed by atoms with Crippen molar-refractivity contribution in [1.29, 1.82) is 0 Å². The molecule has 1 atom stereocenters. The number of ether oxygens (including phenoxy) is 1. The summed E-state index contributed by atoms with van der Waals surface area (Å²) in [5, 5.41) is 0.847.